The van der Waals surface area contributed by atoms with E-state index in [1.165, 1.54) is 12.1 Å². The van der Waals surface area contributed by atoms with Crippen molar-refractivity contribution in [2.75, 3.05) is 23.7 Å². The Morgan fingerprint density at radius 3 is 2.75 bits per heavy atom. The first-order valence-corrected chi connectivity index (χ1v) is 10.8. The van der Waals surface area contributed by atoms with Gasteiger partial charge in [0.25, 0.3) is 5.91 Å². The molecule has 3 aromatic rings. The first kappa shape index (κ1) is 20.3. The van der Waals surface area contributed by atoms with Crippen LogP contribution in [-0.4, -0.2) is 30.1 Å². The van der Waals surface area contributed by atoms with Crippen molar-refractivity contribution in [3.63, 3.8) is 0 Å². The fraction of sp³-hybridized carbons (Fsp3) is 0.280. The summed E-state index contributed by atoms with van der Waals surface area (Å²) >= 11 is 0. The number of benzene rings is 2. The number of ether oxygens (including phenoxy) is 1. The lowest BCUT2D eigenvalue weighted by Crippen LogP contribution is -2.54. The van der Waals surface area contributed by atoms with Gasteiger partial charge in [0.05, 0.1) is 0 Å². The molecule has 1 saturated heterocycles. The molecular weight excluding hydrogens is 407 g/mol. The number of piperidine rings is 1. The maximum absolute atomic E-state index is 13.5. The zero-order valence-corrected chi connectivity index (χ0v) is 17.6. The SMILES string of the molecule is Nc1ccnc(N2CCC3(CC2)c2ccccc2O[C@H]3C(=O)NCc2cccc(F)c2)c1. The summed E-state index contributed by atoms with van der Waals surface area (Å²) in [6.45, 7) is 1.73. The topological polar surface area (TPSA) is 80.5 Å². The molecule has 1 aromatic heterocycles. The van der Waals surface area contributed by atoms with Gasteiger partial charge in [0.2, 0.25) is 0 Å². The Morgan fingerprint density at radius 1 is 1.16 bits per heavy atom. The quantitative estimate of drug-likeness (QED) is 0.660. The van der Waals surface area contributed by atoms with Crippen LogP contribution >= 0.6 is 0 Å². The highest BCUT2D eigenvalue weighted by Gasteiger charge is 2.53. The molecule has 0 radical (unpaired) electrons. The fourth-order valence-corrected chi connectivity index (χ4v) is 4.87. The highest BCUT2D eigenvalue weighted by Crippen LogP contribution is 2.49. The van der Waals surface area contributed by atoms with E-state index in [9.17, 15) is 9.18 Å². The molecule has 6 nitrogen and oxygen atoms in total. The van der Waals surface area contributed by atoms with Crippen LogP contribution in [0, 0.1) is 5.82 Å². The average Bonchev–Trinajstić information content (AvgIpc) is 3.12. The monoisotopic (exact) mass is 432 g/mol. The van der Waals surface area contributed by atoms with Gasteiger partial charge in [0.15, 0.2) is 6.10 Å². The molecule has 2 aliphatic heterocycles. The van der Waals surface area contributed by atoms with Crippen molar-refractivity contribution in [1.82, 2.24) is 10.3 Å². The van der Waals surface area contributed by atoms with Gasteiger partial charge in [0, 0.05) is 48.6 Å². The molecule has 0 bridgehead atoms. The largest absolute Gasteiger partial charge is 0.479 e. The summed E-state index contributed by atoms with van der Waals surface area (Å²) in [5, 5.41) is 2.95. The van der Waals surface area contributed by atoms with Gasteiger partial charge >= 0.3 is 0 Å². The number of halogens is 1. The molecule has 5 rings (SSSR count). The normalized spacial score (nSPS) is 18.8. The van der Waals surface area contributed by atoms with E-state index >= 15 is 0 Å². The van der Waals surface area contributed by atoms with E-state index in [0.29, 0.717) is 11.3 Å². The highest BCUT2D eigenvalue weighted by atomic mass is 19.1. The van der Waals surface area contributed by atoms with Crippen LogP contribution in [0.5, 0.6) is 5.75 Å². The van der Waals surface area contributed by atoms with Crippen molar-refractivity contribution in [3.8, 4) is 5.75 Å². The predicted molar refractivity (Wildman–Crippen MR) is 121 cm³/mol. The number of fused-ring (bicyclic) bond motifs is 2. The number of nitrogen functional groups attached to an aromatic ring is 1. The van der Waals surface area contributed by atoms with Crippen molar-refractivity contribution >= 4 is 17.4 Å². The third kappa shape index (κ3) is 3.64. The zero-order chi connectivity index (χ0) is 22.1. The van der Waals surface area contributed by atoms with Gasteiger partial charge in [-0.05, 0) is 42.7 Å². The minimum Gasteiger partial charge on any atom is -0.479 e. The molecule has 2 aliphatic rings. The van der Waals surface area contributed by atoms with E-state index in [1.807, 2.05) is 24.3 Å². The van der Waals surface area contributed by atoms with Crippen molar-refractivity contribution < 1.29 is 13.9 Å². The molecule has 1 amide bonds. The van der Waals surface area contributed by atoms with E-state index in [1.54, 1.807) is 24.4 Å². The fourth-order valence-electron chi connectivity index (χ4n) is 4.87. The number of rotatable bonds is 4. The van der Waals surface area contributed by atoms with Crippen molar-refractivity contribution in [3.05, 3.63) is 83.8 Å². The maximum Gasteiger partial charge on any atom is 0.262 e. The van der Waals surface area contributed by atoms with Crippen LogP contribution in [0.15, 0.2) is 66.9 Å². The van der Waals surface area contributed by atoms with Crippen LogP contribution < -0.4 is 20.7 Å². The van der Waals surface area contributed by atoms with Crippen molar-refractivity contribution in [2.24, 2.45) is 0 Å². The van der Waals surface area contributed by atoms with E-state index in [-0.39, 0.29) is 18.3 Å². The van der Waals surface area contributed by atoms with Gasteiger partial charge in [0.1, 0.15) is 17.4 Å². The molecule has 1 fully saturated rings. The predicted octanol–water partition coefficient (Wildman–Crippen LogP) is 3.42. The van der Waals surface area contributed by atoms with Crippen LogP contribution in [-0.2, 0) is 16.8 Å². The van der Waals surface area contributed by atoms with Crippen LogP contribution in [0.3, 0.4) is 0 Å². The Morgan fingerprint density at radius 2 is 1.97 bits per heavy atom. The Balaban J connectivity index is 1.36. The van der Waals surface area contributed by atoms with Gasteiger partial charge in [-0.15, -0.1) is 0 Å². The second-order valence-electron chi connectivity index (χ2n) is 8.43. The summed E-state index contributed by atoms with van der Waals surface area (Å²) in [5.41, 5.74) is 7.98. The number of para-hydroxylation sites is 1. The minimum atomic E-state index is -0.635. The summed E-state index contributed by atoms with van der Waals surface area (Å²) < 4.78 is 19.7. The molecular formula is C25H25FN4O2. The number of nitrogens with two attached hydrogens (primary N) is 1. The lowest BCUT2D eigenvalue weighted by atomic mass is 9.69. The number of hydrogen-bond donors (Lipinski definition) is 2. The molecule has 0 saturated carbocycles. The molecule has 7 heteroatoms. The Kier molecular flexibility index (Phi) is 5.17. The molecule has 2 aromatic carbocycles. The molecule has 3 N–H and O–H groups in total. The number of hydrogen-bond acceptors (Lipinski definition) is 5. The zero-order valence-electron chi connectivity index (χ0n) is 17.6. The second-order valence-corrected chi connectivity index (χ2v) is 8.43. The summed E-state index contributed by atoms with van der Waals surface area (Å²) in [6, 6.07) is 17.8. The van der Waals surface area contributed by atoms with Crippen LogP contribution in [0.4, 0.5) is 15.9 Å². The van der Waals surface area contributed by atoms with Gasteiger partial charge in [-0.25, -0.2) is 9.37 Å². The molecule has 32 heavy (non-hydrogen) atoms. The Labute approximate surface area is 186 Å². The highest BCUT2D eigenvalue weighted by molar-refractivity contribution is 5.85. The van der Waals surface area contributed by atoms with Crippen molar-refractivity contribution in [1.29, 1.82) is 0 Å². The summed E-state index contributed by atoms with van der Waals surface area (Å²) in [4.78, 5) is 19.9. The Bertz CT molecular complexity index is 1140. The van der Waals surface area contributed by atoms with Gasteiger partial charge in [-0.3, -0.25) is 4.79 Å². The number of carbonyl (C=O) groups is 1. The standard InChI is InChI=1S/C25H25FN4O2/c26-18-5-3-4-17(14-18)16-29-24(31)23-25(20-6-1-2-7-21(20)32-23)9-12-30(13-10-25)22-15-19(27)8-11-28-22/h1-8,11,14-15,23H,9-10,12-13,16H2,(H2,27,28)(H,29,31)/t23-/m0/s1. The van der Waals surface area contributed by atoms with Crippen molar-refractivity contribution in [2.45, 2.75) is 30.9 Å². The second kappa shape index (κ2) is 8.15. The number of nitrogens with one attached hydrogen (secondary N) is 1. The number of nitrogens with zero attached hydrogens (tertiary/aromatic N) is 2. The molecule has 1 atom stereocenters. The summed E-state index contributed by atoms with van der Waals surface area (Å²) in [7, 11) is 0. The summed E-state index contributed by atoms with van der Waals surface area (Å²) in [5.74, 6) is 1.11. The smallest absolute Gasteiger partial charge is 0.262 e. The van der Waals surface area contributed by atoms with Crippen LogP contribution in [0.2, 0.25) is 0 Å². The molecule has 164 valence electrons. The maximum atomic E-state index is 13.5. The number of pyridine rings is 1. The molecule has 3 heterocycles. The Hall–Kier alpha value is -3.61. The first-order valence-electron chi connectivity index (χ1n) is 10.8. The average molecular weight is 432 g/mol. The number of anilines is 2. The number of amides is 1. The lowest BCUT2D eigenvalue weighted by Gasteiger charge is -2.42. The third-order valence-electron chi connectivity index (χ3n) is 6.51. The molecule has 0 aliphatic carbocycles. The van der Waals surface area contributed by atoms with E-state index < -0.39 is 11.5 Å². The lowest BCUT2D eigenvalue weighted by molar-refractivity contribution is -0.130. The molecule has 1 spiro atoms. The summed E-state index contributed by atoms with van der Waals surface area (Å²) in [6.07, 6.45) is 2.58. The van der Waals surface area contributed by atoms with E-state index in [2.05, 4.69) is 21.3 Å². The first-order chi connectivity index (χ1) is 15.5. The van der Waals surface area contributed by atoms with Crippen LogP contribution in [0.25, 0.3) is 0 Å². The third-order valence-corrected chi connectivity index (χ3v) is 6.51. The van der Waals surface area contributed by atoms with Gasteiger partial charge in [-0.2, -0.15) is 0 Å². The van der Waals surface area contributed by atoms with Gasteiger partial charge in [-0.1, -0.05) is 30.3 Å². The van der Waals surface area contributed by atoms with Crippen LogP contribution in [0.1, 0.15) is 24.0 Å². The van der Waals surface area contributed by atoms with Gasteiger partial charge < -0.3 is 20.7 Å². The number of aromatic nitrogens is 1. The molecule has 0 unspecified atom stereocenters. The van der Waals surface area contributed by atoms with E-state index in [4.69, 9.17) is 10.5 Å². The minimum absolute atomic E-state index is 0.180. The van der Waals surface area contributed by atoms with E-state index in [0.717, 1.165) is 43.1 Å². The number of carbonyl (C=O) groups excluding carboxylic acids is 1.